The fourth-order valence-electron chi connectivity index (χ4n) is 2.10. The molecule has 2 N–H and O–H groups in total. The van der Waals surface area contributed by atoms with Crippen LogP contribution >= 0.6 is 0 Å². The fourth-order valence-corrected chi connectivity index (χ4v) is 2.10. The molecule has 19 heavy (non-hydrogen) atoms. The average molecular weight is 273 g/mol. The minimum atomic E-state index is -4.71. The molecule has 3 nitrogen and oxygen atoms in total. The Bertz CT molecular complexity index is 447. The molecule has 1 aromatic rings. The number of carboxylic acids is 1. The van der Waals surface area contributed by atoms with Crippen LogP contribution in [0.2, 0.25) is 0 Å². The van der Waals surface area contributed by atoms with E-state index in [0.717, 1.165) is 12.0 Å². The molecule has 0 radical (unpaired) electrons. The summed E-state index contributed by atoms with van der Waals surface area (Å²) in [5.74, 6) is -4.00. The molecule has 1 aromatic carbocycles. The number of nitrogens with one attached hydrogen (secondary N) is 1. The monoisotopic (exact) mass is 273 g/mol. The number of aliphatic carboxylic acids is 1. The van der Waals surface area contributed by atoms with Crippen LogP contribution in [-0.4, -0.2) is 29.8 Å². The number of rotatable bonds is 5. The van der Waals surface area contributed by atoms with E-state index in [9.17, 15) is 18.0 Å². The third-order valence-corrected chi connectivity index (χ3v) is 3.30. The Morgan fingerprint density at radius 2 is 2.00 bits per heavy atom. The summed E-state index contributed by atoms with van der Waals surface area (Å²) in [5.41, 5.74) is 1.07. The molecule has 1 aliphatic carbocycles. The highest BCUT2D eigenvalue weighted by Gasteiger charge is 2.46. The SMILES string of the molecule is O=C(O)C(CNC1CC1c1ccccc1)C(F)(F)F. The van der Waals surface area contributed by atoms with E-state index in [1.807, 2.05) is 30.3 Å². The van der Waals surface area contributed by atoms with Crippen LogP contribution in [0.15, 0.2) is 30.3 Å². The molecule has 1 aliphatic rings. The normalized spacial score (nSPS) is 23.9. The fraction of sp³-hybridized carbons (Fsp3) is 0.462. The summed E-state index contributed by atoms with van der Waals surface area (Å²) in [6, 6.07) is 9.40. The molecule has 1 fully saturated rings. The largest absolute Gasteiger partial charge is 0.481 e. The number of halogens is 3. The van der Waals surface area contributed by atoms with Gasteiger partial charge in [-0.2, -0.15) is 13.2 Å². The molecule has 0 bridgehead atoms. The molecule has 3 atom stereocenters. The lowest BCUT2D eigenvalue weighted by Gasteiger charge is -2.16. The van der Waals surface area contributed by atoms with Crippen molar-refractivity contribution >= 4 is 5.97 Å². The average Bonchev–Trinajstić information content (AvgIpc) is 3.08. The Labute approximate surface area is 108 Å². The van der Waals surface area contributed by atoms with E-state index < -0.39 is 24.6 Å². The van der Waals surface area contributed by atoms with Gasteiger partial charge in [-0.05, 0) is 12.0 Å². The second kappa shape index (κ2) is 5.21. The number of hydrogen-bond acceptors (Lipinski definition) is 2. The van der Waals surface area contributed by atoms with Gasteiger partial charge in [-0.15, -0.1) is 0 Å². The number of alkyl halides is 3. The van der Waals surface area contributed by atoms with Gasteiger partial charge < -0.3 is 10.4 Å². The zero-order chi connectivity index (χ0) is 14.0. The lowest BCUT2D eigenvalue weighted by molar-refractivity contribution is -0.192. The molecule has 3 unspecified atom stereocenters. The second-order valence-electron chi connectivity index (χ2n) is 4.70. The summed E-state index contributed by atoms with van der Waals surface area (Å²) in [5, 5.41) is 11.3. The van der Waals surface area contributed by atoms with E-state index in [2.05, 4.69) is 5.32 Å². The maximum Gasteiger partial charge on any atom is 0.403 e. The molecular weight excluding hydrogens is 259 g/mol. The smallest absolute Gasteiger partial charge is 0.403 e. The lowest BCUT2D eigenvalue weighted by atomic mass is 10.1. The van der Waals surface area contributed by atoms with E-state index in [1.165, 1.54) is 0 Å². The van der Waals surface area contributed by atoms with Crippen molar-refractivity contribution in [1.82, 2.24) is 5.32 Å². The first-order valence-corrected chi connectivity index (χ1v) is 5.97. The number of hydrogen-bond donors (Lipinski definition) is 2. The lowest BCUT2D eigenvalue weighted by Crippen LogP contribution is -2.40. The Morgan fingerprint density at radius 1 is 1.37 bits per heavy atom. The summed E-state index contributed by atoms with van der Waals surface area (Å²) in [7, 11) is 0. The predicted molar refractivity (Wildman–Crippen MR) is 62.8 cm³/mol. The van der Waals surface area contributed by atoms with Crippen LogP contribution in [0.4, 0.5) is 13.2 Å². The first-order chi connectivity index (χ1) is 8.89. The van der Waals surface area contributed by atoms with Crippen molar-refractivity contribution in [3.8, 4) is 0 Å². The van der Waals surface area contributed by atoms with Crippen LogP contribution in [0.5, 0.6) is 0 Å². The molecule has 2 rings (SSSR count). The summed E-state index contributed by atoms with van der Waals surface area (Å²) >= 11 is 0. The number of benzene rings is 1. The van der Waals surface area contributed by atoms with Gasteiger partial charge in [0.2, 0.25) is 0 Å². The van der Waals surface area contributed by atoms with Crippen LogP contribution < -0.4 is 5.32 Å². The van der Waals surface area contributed by atoms with Gasteiger partial charge >= 0.3 is 12.1 Å². The van der Waals surface area contributed by atoms with Gasteiger partial charge in [0.15, 0.2) is 5.92 Å². The minimum Gasteiger partial charge on any atom is -0.481 e. The molecule has 0 amide bonds. The second-order valence-corrected chi connectivity index (χ2v) is 4.70. The zero-order valence-corrected chi connectivity index (χ0v) is 10.0. The molecule has 104 valence electrons. The molecular formula is C13H14F3NO2. The van der Waals surface area contributed by atoms with Gasteiger partial charge in [0.1, 0.15) is 0 Å². The first kappa shape index (κ1) is 13.9. The third kappa shape index (κ3) is 3.47. The van der Waals surface area contributed by atoms with Gasteiger partial charge in [0.05, 0.1) is 0 Å². The van der Waals surface area contributed by atoms with Crippen LogP contribution in [-0.2, 0) is 4.79 Å². The van der Waals surface area contributed by atoms with E-state index in [-0.39, 0.29) is 12.0 Å². The topological polar surface area (TPSA) is 49.3 Å². The van der Waals surface area contributed by atoms with Crippen molar-refractivity contribution in [2.45, 2.75) is 24.6 Å². The van der Waals surface area contributed by atoms with Gasteiger partial charge in [0, 0.05) is 18.5 Å². The van der Waals surface area contributed by atoms with Crippen LogP contribution in [0.3, 0.4) is 0 Å². The first-order valence-electron chi connectivity index (χ1n) is 5.97. The predicted octanol–water partition coefficient (Wildman–Crippen LogP) is 2.40. The van der Waals surface area contributed by atoms with Crippen LogP contribution in [0.1, 0.15) is 17.9 Å². The Balaban J connectivity index is 1.86. The molecule has 6 heteroatoms. The van der Waals surface area contributed by atoms with E-state index in [1.54, 1.807) is 0 Å². The Hall–Kier alpha value is -1.56. The van der Waals surface area contributed by atoms with E-state index >= 15 is 0 Å². The minimum absolute atomic E-state index is 0.0633. The molecule has 0 heterocycles. The molecule has 0 aromatic heterocycles. The Kier molecular flexibility index (Phi) is 3.80. The summed E-state index contributed by atoms with van der Waals surface area (Å²) in [4.78, 5) is 10.6. The van der Waals surface area contributed by atoms with Crippen molar-refractivity contribution in [1.29, 1.82) is 0 Å². The summed E-state index contributed by atoms with van der Waals surface area (Å²) in [6.07, 6.45) is -3.97. The van der Waals surface area contributed by atoms with Gasteiger partial charge in [-0.25, -0.2) is 0 Å². The highest BCUT2D eigenvalue weighted by Crippen LogP contribution is 2.41. The molecule has 1 saturated carbocycles. The number of carboxylic acid groups (broad SMARTS) is 1. The zero-order valence-electron chi connectivity index (χ0n) is 10.0. The van der Waals surface area contributed by atoms with Gasteiger partial charge in [-0.3, -0.25) is 4.79 Å². The maximum absolute atomic E-state index is 12.4. The van der Waals surface area contributed by atoms with Gasteiger partial charge in [0.25, 0.3) is 0 Å². The van der Waals surface area contributed by atoms with E-state index in [0.29, 0.717) is 0 Å². The third-order valence-electron chi connectivity index (χ3n) is 3.30. The van der Waals surface area contributed by atoms with E-state index in [4.69, 9.17) is 5.11 Å². The number of carbonyl (C=O) groups is 1. The highest BCUT2D eigenvalue weighted by atomic mass is 19.4. The standard InChI is InChI=1S/C13H14F3NO2/c14-13(15,16)10(12(18)19)7-17-11-6-9(11)8-4-2-1-3-5-8/h1-5,9-11,17H,6-7H2,(H,18,19). The summed E-state index contributed by atoms with van der Waals surface area (Å²) < 4.78 is 37.3. The van der Waals surface area contributed by atoms with Crippen molar-refractivity contribution in [2.24, 2.45) is 5.92 Å². The van der Waals surface area contributed by atoms with Crippen LogP contribution in [0, 0.1) is 5.92 Å². The maximum atomic E-state index is 12.4. The highest BCUT2D eigenvalue weighted by molar-refractivity contribution is 5.71. The van der Waals surface area contributed by atoms with Crippen molar-refractivity contribution in [3.05, 3.63) is 35.9 Å². The van der Waals surface area contributed by atoms with Crippen LogP contribution in [0.25, 0.3) is 0 Å². The van der Waals surface area contributed by atoms with Gasteiger partial charge in [-0.1, -0.05) is 30.3 Å². The molecule has 0 saturated heterocycles. The van der Waals surface area contributed by atoms with Crippen molar-refractivity contribution < 1.29 is 23.1 Å². The van der Waals surface area contributed by atoms with Crippen molar-refractivity contribution in [2.75, 3.05) is 6.54 Å². The molecule has 0 spiro atoms. The quantitative estimate of drug-likeness (QED) is 0.866. The van der Waals surface area contributed by atoms with Crippen molar-refractivity contribution in [3.63, 3.8) is 0 Å². The Morgan fingerprint density at radius 3 is 2.53 bits per heavy atom. The molecule has 0 aliphatic heterocycles. The summed E-state index contributed by atoms with van der Waals surface area (Å²) in [6.45, 7) is -0.577.